The molecule has 0 aliphatic carbocycles. The van der Waals surface area contributed by atoms with Crippen LogP contribution in [0.15, 0.2) is 82.8 Å². The molecule has 1 amide bonds. The van der Waals surface area contributed by atoms with Gasteiger partial charge in [-0.1, -0.05) is 18.2 Å². The molecule has 2 N–H and O–H groups in total. The first-order chi connectivity index (χ1) is 15.4. The number of ether oxygens (including phenoxy) is 2. The maximum absolute atomic E-state index is 12.7. The molecule has 0 aliphatic heterocycles. The number of amides is 1. The monoisotopic (exact) mass is 453 g/mol. The van der Waals surface area contributed by atoms with Crippen molar-refractivity contribution >= 4 is 27.8 Å². The Balaban J connectivity index is 1.71. The van der Waals surface area contributed by atoms with Gasteiger partial charge < -0.3 is 9.47 Å². The molecule has 0 bridgehead atoms. The first-order valence-electron chi connectivity index (χ1n) is 9.75. The summed E-state index contributed by atoms with van der Waals surface area (Å²) in [5.41, 5.74) is 3.63. The van der Waals surface area contributed by atoms with Crippen LogP contribution in [0.3, 0.4) is 0 Å². The lowest BCUT2D eigenvalue weighted by molar-refractivity contribution is 0.0955. The van der Waals surface area contributed by atoms with Crippen molar-refractivity contribution in [1.29, 1.82) is 0 Å². The Morgan fingerprint density at radius 1 is 1.03 bits per heavy atom. The van der Waals surface area contributed by atoms with Crippen molar-refractivity contribution in [3.8, 4) is 11.5 Å². The molecule has 0 spiro atoms. The number of carbonyl (C=O) groups excluding carboxylic acids is 1. The van der Waals surface area contributed by atoms with Gasteiger partial charge in [0.1, 0.15) is 11.5 Å². The lowest BCUT2D eigenvalue weighted by atomic mass is 10.2. The molecule has 0 fully saturated rings. The molecule has 3 rings (SSSR count). The zero-order chi connectivity index (χ0) is 23.0. The molecule has 0 aliphatic rings. The highest BCUT2D eigenvalue weighted by molar-refractivity contribution is 7.92. The van der Waals surface area contributed by atoms with E-state index in [0.717, 1.165) is 0 Å². The van der Waals surface area contributed by atoms with E-state index in [9.17, 15) is 13.2 Å². The first-order valence-corrected chi connectivity index (χ1v) is 11.2. The molecule has 0 atom stereocenters. The van der Waals surface area contributed by atoms with Crippen LogP contribution in [-0.4, -0.2) is 34.3 Å². The fraction of sp³-hybridized carbons (Fsp3) is 0.130. The van der Waals surface area contributed by atoms with E-state index in [0.29, 0.717) is 29.4 Å². The number of carbonyl (C=O) groups is 1. The van der Waals surface area contributed by atoms with Crippen LogP contribution in [0.1, 0.15) is 22.8 Å². The third-order valence-corrected chi connectivity index (χ3v) is 5.72. The molecule has 0 aromatic heterocycles. The van der Waals surface area contributed by atoms with Crippen LogP contribution in [0.2, 0.25) is 0 Å². The third-order valence-electron chi connectivity index (χ3n) is 4.34. The van der Waals surface area contributed by atoms with Gasteiger partial charge in [-0.15, -0.1) is 0 Å². The van der Waals surface area contributed by atoms with Gasteiger partial charge in [0.25, 0.3) is 15.9 Å². The van der Waals surface area contributed by atoms with E-state index in [1.807, 2.05) is 19.1 Å². The standard InChI is InChI=1S/C23H23N3O5S/c1-3-31-22-10-5-4-7-18(22)16-24-25-23(27)17-8-6-9-21(15-17)32(28,29)26-19-11-13-20(30-2)14-12-19/h4-16,26H,3H2,1-2H3,(H,25,27)/b24-16-. The predicted molar refractivity (Wildman–Crippen MR) is 123 cm³/mol. The van der Waals surface area contributed by atoms with Gasteiger partial charge in [0.2, 0.25) is 0 Å². The van der Waals surface area contributed by atoms with E-state index in [1.165, 1.54) is 37.6 Å². The Morgan fingerprint density at radius 2 is 1.78 bits per heavy atom. The number of hydrazone groups is 1. The molecule has 0 saturated carbocycles. The van der Waals surface area contributed by atoms with Crippen LogP contribution in [0, 0.1) is 0 Å². The van der Waals surface area contributed by atoms with Crippen molar-refractivity contribution in [2.45, 2.75) is 11.8 Å². The van der Waals surface area contributed by atoms with Crippen LogP contribution in [0.25, 0.3) is 0 Å². The van der Waals surface area contributed by atoms with Gasteiger partial charge in [-0.3, -0.25) is 9.52 Å². The average molecular weight is 454 g/mol. The minimum Gasteiger partial charge on any atom is -0.497 e. The molecule has 0 saturated heterocycles. The number of anilines is 1. The van der Waals surface area contributed by atoms with Gasteiger partial charge in [-0.2, -0.15) is 5.10 Å². The van der Waals surface area contributed by atoms with Crippen LogP contribution in [0.4, 0.5) is 5.69 Å². The molecule has 0 radical (unpaired) electrons. The topological polar surface area (TPSA) is 106 Å². The van der Waals surface area contributed by atoms with E-state index in [2.05, 4.69) is 15.2 Å². The Kier molecular flexibility index (Phi) is 7.45. The number of benzene rings is 3. The van der Waals surface area contributed by atoms with Crippen molar-refractivity contribution < 1.29 is 22.7 Å². The second kappa shape index (κ2) is 10.5. The van der Waals surface area contributed by atoms with Gasteiger partial charge in [-0.05, 0) is 61.5 Å². The summed E-state index contributed by atoms with van der Waals surface area (Å²) < 4.78 is 38.5. The normalized spacial score (nSPS) is 11.2. The quantitative estimate of drug-likeness (QED) is 0.380. The second-order valence-electron chi connectivity index (χ2n) is 6.53. The average Bonchev–Trinajstić information content (AvgIpc) is 2.80. The summed E-state index contributed by atoms with van der Waals surface area (Å²) >= 11 is 0. The molecule has 32 heavy (non-hydrogen) atoms. The number of nitrogens with zero attached hydrogens (tertiary/aromatic N) is 1. The molecule has 9 heteroatoms. The number of rotatable bonds is 9. The van der Waals surface area contributed by atoms with Crippen LogP contribution in [0.5, 0.6) is 11.5 Å². The maximum Gasteiger partial charge on any atom is 0.271 e. The maximum atomic E-state index is 12.7. The van der Waals surface area contributed by atoms with Crippen molar-refractivity contribution in [1.82, 2.24) is 5.43 Å². The minimum atomic E-state index is -3.89. The number of hydrogen-bond acceptors (Lipinski definition) is 6. The fourth-order valence-electron chi connectivity index (χ4n) is 2.78. The van der Waals surface area contributed by atoms with E-state index >= 15 is 0 Å². The number of methoxy groups -OCH3 is 1. The molecule has 3 aromatic rings. The van der Waals surface area contributed by atoms with E-state index in [1.54, 1.807) is 36.4 Å². The summed E-state index contributed by atoms with van der Waals surface area (Å²) in [7, 11) is -2.36. The lowest BCUT2D eigenvalue weighted by Crippen LogP contribution is -2.19. The van der Waals surface area contributed by atoms with Gasteiger partial charge in [-0.25, -0.2) is 13.8 Å². The summed E-state index contributed by atoms with van der Waals surface area (Å²) in [5, 5.41) is 3.96. The van der Waals surface area contributed by atoms with E-state index in [-0.39, 0.29) is 10.5 Å². The largest absolute Gasteiger partial charge is 0.497 e. The molecular formula is C23H23N3O5S. The zero-order valence-corrected chi connectivity index (χ0v) is 18.4. The zero-order valence-electron chi connectivity index (χ0n) is 17.6. The summed E-state index contributed by atoms with van der Waals surface area (Å²) in [6.07, 6.45) is 1.47. The number of nitrogens with one attached hydrogen (secondary N) is 2. The molecule has 3 aromatic carbocycles. The van der Waals surface area contributed by atoms with Gasteiger partial charge in [0, 0.05) is 16.8 Å². The van der Waals surface area contributed by atoms with Gasteiger partial charge in [0.05, 0.1) is 24.8 Å². The smallest absolute Gasteiger partial charge is 0.271 e. The number of para-hydroxylation sites is 1. The molecule has 0 heterocycles. The summed E-state index contributed by atoms with van der Waals surface area (Å²) in [6.45, 7) is 2.38. The van der Waals surface area contributed by atoms with Crippen molar-refractivity contribution in [3.05, 3.63) is 83.9 Å². The second-order valence-corrected chi connectivity index (χ2v) is 8.21. The highest BCUT2D eigenvalue weighted by Crippen LogP contribution is 2.20. The van der Waals surface area contributed by atoms with Crippen LogP contribution in [-0.2, 0) is 10.0 Å². The van der Waals surface area contributed by atoms with Crippen LogP contribution >= 0.6 is 0 Å². The van der Waals surface area contributed by atoms with Gasteiger partial charge in [0.15, 0.2) is 0 Å². The Labute approximate surface area is 186 Å². The number of sulfonamides is 1. The fourth-order valence-corrected chi connectivity index (χ4v) is 3.88. The highest BCUT2D eigenvalue weighted by atomic mass is 32.2. The van der Waals surface area contributed by atoms with Crippen molar-refractivity contribution in [2.75, 3.05) is 18.4 Å². The molecule has 166 valence electrons. The third kappa shape index (κ3) is 5.86. The molecular weight excluding hydrogens is 430 g/mol. The van der Waals surface area contributed by atoms with Crippen LogP contribution < -0.4 is 19.6 Å². The lowest BCUT2D eigenvalue weighted by Gasteiger charge is -2.10. The van der Waals surface area contributed by atoms with E-state index < -0.39 is 15.9 Å². The first kappa shape index (κ1) is 22.8. The SMILES string of the molecule is CCOc1ccccc1/C=N\NC(=O)c1cccc(S(=O)(=O)Nc2ccc(OC)cc2)c1. The summed E-state index contributed by atoms with van der Waals surface area (Å²) in [6, 6.07) is 19.4. The van der Waals surface area contributed by atoms with Crippen molar-refractivity contribution in [2.24, 2.45) is 5.10 Å². The molecule has 0 unspecified atom stereocenters. The predicted octanol–water partition coefficient (Wildman–Crippen LogP) is 3.66. The Hall–Kier alpha value is -3.85. The Bertz CT molecular complexity index is 1210. The molecule has 8 nitrogen and oxygen atoms in total. The van der Waals surface area contributed by atoms with Crippen molar-refractivity contribution in [3.63, 3.8) is 0 Å². The van der Waals surface area contributed by atoms with E-state index in [4.69, 9.17) is 9.47 Å². The summed E-state index contributed by atoms with van der Waals surface area (Å²) in [4.78, 5) is 12.4. The number of hydrogen-bond donors (Lipinski definition) is 2. The highest BCUT2D eigenvalue weighted by Gasteiger charge is 2.16. The van der Waals surface area contributed by atoms with Gasteiger partial charge >= 0.3 is 0 Å². The minimum absolute atomic E-state index is 0.0494. The Morgan fingerprint density at radius 3 is 2.50 bits per heavy atom. The summed E-state index contributed by atoms with van der Waals surface area (Å²) in [5.74, 6) is 0.707.